The summed E-state index contributed by atoms with van der Waals surface area (Å²) < 4.78 is 3.03. The minimum atomic E-state index is 0.901. The second-order valence-electron chi connectivity index (χ2n) is 4.46. The maximum absolute atomic E-state index is 4.64. The van der Waals surface area contributed by atoms with Crippen LogP contribution >= 0.6 is 22.7 Å². The first-order chi connectivity index (χ1) is 9.19. The van der Waals surface area contributed by atoms with Gasteiger partial charge in [-0.25, -0.2) is 14.5 Å². The molecular weight excluding hydrogens is 276 g/mol. The molecule has 0 unspecified atom stereocenters. The quantitative estimate of drug-likeness (QED) is 0.536. The number of thiazole rings is 1. The van der Waals surface area contributed by atoms with Crippen LogP contribution in [0.1, 0.15) is 10.6 Å². The highest BCUT2D eigenvalue weighted by molar-refractivity contribution is 7.21. The Morgan fingerprint density at radius 1 is 1.11 bits per heavy atom. The van der Waals surface area contributed by atoms with Gasteiger partial charge in [0.05, 0.1) is 16.4 Å². The molecule has 3 heterocycles. The second-order valence-corrected chi connectivity index (χ2v) is 6.66. The number of nitrogens with zero attached hydrogens (tertiary/aromatic N) is 4. The Morgan fingerprint density at radius 2 is 2.00 bits per heavy atom. The lowest BCUT2D eigenvalue weighted by molar-refractivity contribution is 0.946. The van der Waals surface area contributed by atoms with E-state index in [0.29, 0.717) is 0 Å². The lowest BCUT2D eigenvalue weighted by atomic mass is 10.2. The number of imidazole rings is 1. The van der Waals surface area contributed by atoms with E-state index in [1.807, 2.05) is 17.6 Å². The zero-order valence-corrected chi connectivity index (χ0v) is 12.0. The Morgan fingerprint density at radius 3 is 2.84 bits per heavy atom. The summed E-state index contributed by atoms with van der Waals surface area (Å²) in [6, 6.07) is 6.31. The lowest BCUT2D eigenvalue weighted by Crippen LogP contribution is -1.79. The van der Waals surface area contributed by atoms with Crippen molar-refractivity contribution >= 4 is 37.9 Å². The average Bonchev–Trinajstić information content (AvgIpc) is 2.99. The fraction of sp³-hybridized carbons (Fsp3) is 0.154. The van der Waals surface area contributed by atoms with Crippen LogP contribution in [0.25, 0.3) is 25.9 Å². The summed E-state index contributed by atoms with van der Waals surface area (Å²) in [6.07, 6.45) is 1.95. The molecule has 19 heavy (non-hydrogen) atoms. The monoisotopic (exact) mass is 286 g/mol. The van der Waals surface area contributed by atoms with Gasteiger partial charge in [-0.1, -0.05) is 17.4 Å². The fourth-order valence-corrected chi connectivity index (χ4v) is 3.79. The Labute approximate surface area is 117 Å². The molecule has 0 atom stereocenters. The zero-order chi connectivity index (χ0) is 13.0. The predicted molar refractivity (Wildman–Crippen MR) is 79.0 cm³/mol. The van der Waals surface area contributed by atoms with Crippen molar-refractivity contribution in [2.24, 2.45) is 0 Å². The molecule has 0 saturated heterocycles. The van der Waals surface area contributed by atoms with Crippen molar-refractivity contribution in [2.45, 2.75) is 13.8 Å². The number of rotatable bonds is 1. The van der Waals surface area contributed by atoms with Gasteiger partial charge in [-0.15, -0.1) is 11.3 Å². The smallest absolute Gasteiger partial charge is 0.212 e. The minimum absolute atomic E-state index is 0.901. The average molecular weight is 286 g/mol. The highest BCUT2D eigenvalue weighted by Gasteiger charge is 2.12. The number of aryl methyl sites for hydroxylation is 2. The van der Waals surface area contributed by atoms with Gasteiger partial charge in [0.25, 0.3) is 0 Å². The van der Waals surface area contributed by atoms with Crippen LogP contribution in [0.5, 0.6) is 0 Å². The van der Waals surface area contributed by atoms with Crippen LogP contribution in [0.15, 0.2) is 24.4 Å². The van der Waals surface area contributed by atoms with Gasteiger partial charge in [0.1, 0.15) is 15.7 Å². The molecule has 4 nitrogen and oxygen atoms in total. The van der Waals surface area contributed by atoms with Crippen molar-refractivity contribution in [3.05, 3.63) is 35.0 Å². The van der Waals surface area contributed by atoms with E-state index in [1.54, 1.807) is 22.7 Å². The van der Waals surface area contributed by atoms with E-state index in [1.165, 1.54) is 10.3 Å². The normalized spacial score (nSPS) is 11.7. The summed E-state index contributed by atoms with van der Waals surface area (Å²) in [5.41, 5.74) is 3.19. The highest BCUT2D eigenvalue weighted by Crippen LogP contribution is 2.30. The molecule has 0 amide bonds. The van der Waals surface area contributed by atoms with E-state index in [-0.39, 0.29) is 0 Å². The molecule has 0 fully saturated rings. The van der Waals surface area contributed by atoms with Crippen LogP contribution in [0.4, 0.5) is 0 Å². The van der Waals surface area contributed by atoms with Crippen molar-refractivity contribution in [1.82, 2.24) is 19.6 Å². The van der Waals surface area contributed by atoms with E-state index in [2.05, 4.69) is 40.2 Å². The minimum Gasteiger partial charge on any atom is -0.234 e. The highest BCUT2D eigenvalue weighted by atomic mass is 32.1. The van der Waals surface area contributed by atoms with Crippen LogP contribution in [0.2, 0.25) is 0 Å². The Kier molecular flexibility index (Phi) is 2.24. The third-order valence-corrected chi connectivity index (χ3v) is 4.79. The molecule has 0 bridgehead atoms. The topological polar surface area (TPSA) is 43.1 Å². The van der Waals surface area contributed by atoms with Gasteiger partial charge in [0.2, 0.25) is 4.96 Å². The molecule has 3 aromatic heterocycles. The van der Waals surface area contributed by atoms with E-state index >= 15 is 0 Å². The second kappa shape index (κ2) is 3.85. The van der Waals surface area contributed by atoms with Gasteiger partial charge >= 0.3 is 0 Å². The maximum atomic E-state index is 4.64. The molecule has 0 aliphatic rings. The number of aromatic nitrogens is 4. The molecule has 1 aromatic carbocycles. The molecule has 0 spiro atoms. The van der Waals surface area contributed by atoms with E-state index in [0.717, 1.165) is 26.2 Å². The number of fused-ring (bicyclic) bond motifs is 2. The predicted octanol–water partition coefficient (Wildman–Crippen LogP) is 3.68. The number of hydrogen-bond donors (Lipinski definition) is 0. The van der Waals surface area contributed by atoms with Gasteiger partial charge in [-0.2, -0.15) is 5.10 Å². The summed E-state index contributed by atoms with van der Waals surface area (Å²) in [4.78, 5) is 10.1. The van der Waals surface area contributed by atoms with Crippen LogP contribution in [0, 0.1) is 13.8 Å². The molecule has 0 saturated carbocycles. The number of hydrogen-bond acceptors (Lipinski definition) is 5. The van der Waals surface area contributed by atoms with Crippen LogP contribution in [-0.2, 0) is 0 Å². The lowest BCUT2D eigenvalue weighted by Gasteiger charge is -1.88. The number of benzene rings is 1. The molecule has 0 aliphatic heterocycles. The maximum Gasteiger partial charge on any atom is 0.212 e. The largest absolute Gasteiger partial charge is 0.234 e. The molecule has 0 N–H and O–H groups in total. The molecule has 6 heteroatoms. The fourth-order valence-electron chi connectivity index (χ4n) is 2.04. The molecule has 4 rings (SSSR count). The van der Waals surface area contributed by atoms with Crippen molar-refractivity contribution in [2.75, 3.05) is 0 Å². The van der Waals surface area contributed by atoms with Crippen LogP contribution in [-0.4, -0.2) is 19.6 Å². The third kappa shape index (κ3) is 1.75. The third-order valence-electron chi connectivity index (χ3n) is 2.91. The molecule has 0 aliphatic carbocycles. The van der Waals surface area contributed by atoms with E-state index < -0.39 is 0 Å². The molecule has 0 radical (unpaired) electrons. The molecule has 94 valence electrons. The van der Waals surface area contributed by atoms with E-state index in [4.69, 9.17) is 0 Å². The Hall–Kier alpha value is -1.79. The Balaban J connectivity index is 1.90. The van der Waals surface area contributed by atoms with Crippen molar-refractivity contribution in [1.29, 1.82) is 0 Å². The molecule has 4 aromatic rings. The molecular formula is C13H10N4S2. The van der Waals surface area contributed by atoms with Crippen LogP contribution in [0.3, 0.4) is 0 Å². The zero-order valence-electron chi connectivity index (χ0n) is 10.4. The summed E-state index contributed by atoms with van der Waals surface area (Å²) >= 11 is 3.27. The van der Waals surface area contributed by atoms with Gasteiger partial charge in [0, 0.05) is 0 Å². The SMILES string of the molecule is Cc1ccc2nc(-c3cn4nc(C)sc4n3)sc2c1. The van der Waals surface area contributed by atoms with Gasteiger partial charge < -0.3 is 0 Å². The summed E-state index contributed by atoms with van der Waals surface area (Å²) in [6.45, 7) is 4.08. The first-order valence-electron chi connectivity index (χ1n) is 5.89. The first-order valence-corrected chi connectivity index (χ1v) is 7.53. The summed E-state index contributed by atoms with van der Waals surface area (Å²) in [5.74, 6) is 0. The summed E-state index contributed by atoms with van der Waals surface area (Å²) in [7, 11) is 0. The van der Waals surface area contributed by atoms with Crippen molar-refractivity contribution in [3.8, 4) is 10.7 Å². The van der Waals surface area contributed by atoms with Gasteiger partial charge in [-0.05, 0) is 31.5 Å². The van der Waals surface area contributed by atoms with Crippen LogP contribution < -0.4 is 0 Å². The van der Waals surface area contributed by atoms with Crippen molar-refractivity contribution in [3.63, 3.8) is 0 Å². The van der Waals surface area contributed by atoms with Gasteiger partial charge in [0.15, 0.2) is 0 Å². The summed E-state index contributed by atoms with van der Waals surface area (Å²) in [5, 5.41) is 6.35. The Bertz CT molecular complexity index is 868. The standard InChI is InChI=1S/C13H10N4S2/c1-7-3-4-9-11(5-7)19-12(14-9)10-6-17-13(15-10)18-8(2)16-17/h3-6H,1-2H3. The first kappa shape index (κ1) is 11.1. The van der Waals surface area contributed by atoms with Crippen molar-refractivity contribution < 1.29 is 0 Å². The van der Waals surface area contributed by atoms with E-state index in [9.17, 15) is 0 Å². The van der Waals surface area contributed by atoms with Gasteiger partial charge in [-0.3, -0.25) is 0 Å².